The Bertz CT molecular complexity index is 1150. The highest BCUT2D eigenvalue weighted by Gasteiger charge is 2.63. The lowest BCUT2D eigenvalue weighted by Crippen LogP contribution is -2.43. The van der Waals surface area contributed by atoms with Crippen molar-refractivity contribution < 1.29 is 40.0 Å². The van der Waals surface area contributed by atoms with Crippen LogP contribution < -0.4 is 10.5 Å². The van der Waals surface area contributed by atoms with Crippen molar-refractivity contribution in [2.45, 2.75) is 63.5 Å². The highest BCUT2D eigenvalue weighted by Crippen LogP contribution is 2.45. The first-order chi connectivity index (χ1) is 16.0. The first-order valence-corrected chi connectivity index (χ1v) is 10.8. The van der Waals surface area contributed by atoms with Crippen molar-refractivity contribution in [2.75, 3.05) is 5.01 Å². The zero-order valence-electron chi connectivity index (χ0n) is 19.3. The minimum absolute atomic E-state index is 0.276. The van der Waals surface area contributed by atoms with E-state index in [1.54, 1.807) is 12.1 Å². The summed E-state index contributed by atoms with van der Waals surface area (Å²) in [6.45, 7) is 7.36. The highest BCUT2D eigenvalue weighted by molar-refractivity contribution is 6.62. The van der Waals surface area contributed by atoms with Crippen LogP contribution in [0.5, 0.6) is 0 Å². The molecule has 12 heteroatoms. The molecule has 0 amide bonds. The second-order valence-electron chi connectivity index (χ2n) is 9.54. The van der Waals surface area contributed by atoms with Crippen molar-refractivity contribution in [3.63, 3.8) is 0 Å². The predicted octanol–water partition coefficient (Wildman–Crippen LogP) is 5.77. The standard InChI is InChI=1S/C23H22BF7N2O2/c1-20(2)21(3,4)35-24(34-20)14-7-5-6-13(10-14)18-12-19(22(27,28)23(29,30)31)32-33(18)17-9-8-15(25)11-16(17)26/h5-11,18H,12H2,1-4H3. The summed E-state index contributed by atoms with van der Waals surface area (Å²) in [5.74, 6) is -7.33. The molecule has 4 rings (SSSR count). The van der Waals surface area contributed by atoms with Gasteiger partial charge in [-0.1, -0.05) is 24.3 Å². The van der Waals surface area contributed by atoms with Crippen LogP contribution in [0.3, 0.4) is 0 Å². The molecule has 0 spiro atoms. The maximum Gasteiger partial charge on any atom is 0.494 e. The largest absolute Gasteiger partial charge is 0.494 e. The molecule has 35 heavy (non-hydrogen) atoms. The van der Waals surface area contributed by atoms with Gasteiger partial charge in [0.15, 0.2) is 5.82 Å². The lowest BCUT2D eigenvalue weighted by molar-refractivity contribution is -0.249. The first-order valence-electron chi connectivity index (χ1n) is 10.8. The van der Waals surface area contributed by atoms with Crippen LogP contribution in [0.15, 0.2) is 47.6 Å². The van der Waals surface area contributed by atoms with Crippen molar-refractivity contribution in [3.05, 3.63) is 59.7 Å². The molecular weight excluding hydrogens is 480 g/mol. The third-order valence-electron chi connectivity index (χ3n) is 6.61. The minimum atomic E-state index is -5.89. The second kappa shape index (κ2) is 8.23. The average molecular weight is 502 g/mol. The molecule has 1 fully saturated rings. The summed E-state index contributed by atoms with van der Waals surface area (Å²) in [4.78, 5) is 0. The van der Waals surface area contributed by atoms with Gasteiger partial charge in [-0.2, -0.15) is 27.1 Å². The second-order valence-corrected chi connectivity index (χ2v) is 9.54. The predicted molar refractivity (Wildman–Crippen MR) is 117 cm³/mol. The van der Waals surface area contributed by atoms with Gasteiger partial charge >= 0.3 is 19.2 Å². The zero-order chi connectivity index (χ0) is 26.0. The molecule has 2 aromatic rings. The van der Waals surface area contributed by atoms with E-state index < -0.39 is 65.9 Å². The van der Waals surface area contributed by atoms with E-state index in [0.29, 0.717) is 11.5 Å². The Morgan fingerprint density at radius 2 is 1.57 bits per heavy atom. The summed E-state index contributed by atoms with van der Waals surface area (Å²) in [5.41, 5.74) is -2.48. The third-order valence-corrected chi connectivity index (χ3v) is 6.61. The maximum atomic E-state index is 14.5. The Balaban J connectivity index is 1.75. The Hall–Kier alpha value is -2.60. The van der Waals surface area contributed by atoms with Crippen molar-refractivity contribution in [2.24, 2.45) is 5.10 Å². The van der Waals surface area contributed by atoms with Gasteiger partial charge in [-0.25, -0.2) is 8.78 Å². The molecule has 0 N–H and O–H groups in total. The van der Waals surface area contributed by atoms with Gasteiger partial charge in [-0.15, -0.1) is 0 Å². The number of halogens is 7. The van der Waals surface area contributed by atoms with Gasteiger partial charge in [-0.05, 0) is 50.9 Å². The fourth-order valence-electron chi connectivity index (χ4n) is 3.90. The Labute approximate surface area is 197 Å². The molecule has 0 radical (unpaired) electrons. The summed E-state index contributed by atoms with van der Waals surface area (Å²) in [7, 11) is -0.825. The summed E-state index contributed by atoms with van der Waals surface area (Å²) < 4.78 is 108. The van der Waals surface area contributed by atoms with Crippen LogP contribution >= 0.6 is 0 Å². The molecule has 0 aliphatic carbocycles. The van der Waals surface area contributed by atoms with Gasteiger partial charge in [0.25, 0.3) is 0 Å². The molecule has 0 bridgehead atoms. The molecule has 1 saturated heterocycles. The number of nitrogens with zero attached hydrogens (tertiary/aromatic N) is 2. The summed E-state index contributed by atoms with van der Waals surface area (Å²) in [6.07, 6.45) is -6.73. The minimum Gasteiger partial charge on any atom is -0.399 e. The topological polar surface area (TPSA) is 34.1 Å². The van der Waals surface area contributed by atoms with E-state index >= 15 is 0 Å². The molecule has 2 aliphatic heterocycles. The van der Waals surface area contributed by atoms with E-state index in [9.17, 15) is 30.7 Å². The van der Waals surface area contributed by atoms with Crippen LogP contribution in [0.2, 0.25) is 0 Å². The van der Waals surface area contributed by atoms with Gasteiger partial charge < -0.3 is 9.31 Å². The van der Waals surface area contributed by atoms with Gasteiger partial charge in [0.2, 0.25) is 0 Å². The van der Waals surface area contributed by atoms with E-state index in [-0.39, 0.29) is 5.56 Å². The quantitative estimate of drug-likeness (QED) is 0.394. The van der Waals surface area contributed by atoms with E-state index in [2.05, 4.69) is 5.10 Å². The van der Waals surface area contributed by atoms with Crippen molar-refractivity contribution in [1.29, 1.82) is 0 Å². The Morgan fingerprint density at radius 3 is 2.14 bits per heavy atom. The third kappa shape index (κ3) is 4.42. The van der Waals surface area contributed by atoms with Crippen molar-refractivity contribution in [1.82, 2.24) is 0 Å². The lowest BCUT2D eigenvalue weighted by atomic mass is 9.77. The smallest absolute Gasteiger partial charge is 0.399 e. The molecule has 1 unspecified atom stereocenters. The van der Waals surface area contributed by atoms with Crippen LogP contribution in [0, 0.1) is 11.6 Å². The summed E-state index contributed by atoms with van der Waals surface area (Å²) >= 11 is 0. The highest BCUT2D eigenvalue weighted by atomic mass is 19.4. The fraction of sp³-hybridized carbons (Fsp3) is 0.435. The molecule has 4 nitrogen and oxygen atoms in total. The number of benzene rings is 2. The Morgan fingerprint density at radius 1 is 0.943 bits per heavy atom. The average Bonchev–Trinajstić information content (AvgIpc) is 3.26. The maximum absolute atomic E-state index is 14.5. The number of hydrogen-bond acceptors (Lipinski definition) is 4. The summed E-state index contributed by atoms with van der Waals surface area (Å²) in [6, 6.07) is 7.34. The van der Waals surface area contributed by atoms with Crippen LogP contribution in [0.4, 0.5) is 36.4 Å². The molecular formula is C23H22BF7N2O2. The zero-order valence-corrected chi connectivity index (χ0v) is 19.3. The molecule has 0 aromatic heterocycles. The van der Waals surface area contributed by atoms with Gasteiger partial charge in [-0.3, -0.25) is 5.01 Å². The van der Waals surface area contributed by atoms with Crippen LogP contribution in [0.1, 0.15) is 45.7 Å². The van der Waals surface area contributed by atoms with Gasteiger partial charge in [0, 0.05) is 12.5 Å². The van der Waals surface area contributed by atoms with Crippen LogP contribution in [0.25, 0.3) is 0 Å². The summed E-state index contributed by atoms with van der Waals surface area (Å²) in [5, 5.41) is 4.20. The molecule has 188 valence electrons. The monoisotopic (exact) mass is 502 g/mol. The van der Waals surface area contributed by atoms with E-state index in [4.69, 9.17) is 9.31 Å². The molecule has 2 heterocycles. The normalized spacial score (nSPS) is 22.0. The fourth-order valence-corrected chi connectivity index (χ4v) is 3.90. The van der Waals surface area contributed by atoms with Gasteiger partial charge in [0.05, 0.1) is 22.9 Å². The number of alkyl halides is 5. The first kappa shape index (κ1) is 25.5. The van der Waals surface area contributed by atoms with E-state index in [0.717, 1.165) is 17.1 Å². The molecule has 2 aromatic carbocycles. The van der Waals surface area contributed by atoms with Gasteiger partial charge in [0.1, 0.15) is 11.5 Å². The number of rotatable bonds is 4. The molecule has 0 saturated carbocycles. The van der Waals surface area contributed by atoms with Crippen LogP contribution in [-0.4, -0.2) is 36.1 Å². The number of anilines is 1. The van der Waals surface area contributed by atoms with Crippen LogP contribution in [-0.2, 0) is 9.31 Å². The van der Waals surface area contributed by atoms with E-state index in [1.807, 2.05) is 27.7 Å². The van der Waals surface area contributed by atoms with E-state index in [1.165, 1.54) is 12.1 Å². The number of hydrazone groups is 1. The lowest BCUT2D eigenvalue weighted by Gasteiger charge is -2.32. The van der Waals surface area contributed by atoms with Crippen molar-refractivity contribution >= 4 is 24.0 Å². The van der Waals surface area contributed by atoms with Crippen molar-refractivity contribution in [3.8, 4) is 0 Å². The SMILES string of the molecule is CC1(C)OB(c2cccc(C3CC(C(F)(F)C(F)(F)F)=NN3c3ccc(F)cc3F)c2)OC1(C)C. The number of hydrogen-bond donors (Lipinski definition) is 0. The molecule has 1 atom stereocenters. The molecule has 2 aliphatic rings. The Kier molecular flexibility index (Phi) is 5.99.